The Bertz CT molecular complexity index is 1340. The molecule has 2 aromatic rings. The Labute approximate surface area is 218 Å². The standard InChI is InChI=1S/C28H34N2O6S/c1-27(2,3)23(26(32)33)13-9-19-7-11-22(12-8-19)37(34,35)30-16-15-21-17-20(18-29-25(21)30)10-14-24(31)36-28(4,5)6/h7-8,10-14,17-18H,9,15-16H2,1-6H3,(H,32,33)/b14-10+,23-13-. The zero-order valence-electron chi connectivity index (χ0n) is 22.1. The van der Waals surface area contributed by atoms with Gasteiger partial charge in [0.2, 0.25) is 0 Å². The summed E-state index contributed by atoms with van der Waals surface area (Å²) in [6, 6.07) is 8.28. The predicted molar refractivity (Wildman–Crippen MR) is 143 cm³/mol. The van der Waals surface area contributed by atoms with Gasteiger partial charge >= 0.3 is 11.9 Å². The van der Waals surface area contributed by atoms with Crippen LogP contribution in [0.3, 0.4) is 0 Å². The van der Waals surface area contributed by atoms with Gasteiger partial charge in [0.1, 0.15) is 11.4 Å². The minimum Gasteiger partial charge on any atom is -0.478 e. The number of carbonyl (C=O) groups excluding carboxylic acids is 1. The molecule has 0 aliphatic carbocycles. The van der Waals surface area contributed by atoms with Crippen molar-refractivity contribution in [1.82, 2.24) is 4.98 Å². The number of ether oxygens (including phenoxy) is 1. The first-order valence-corrected chi connectivity index (χ1v) is 13.5. The maximum Gasteiger partial charge on any atom is 0.331 e. The molecule has 0 fully saturated rings. The Balaban J connectivity index is 1.76. The number of hydrogen-bond acceptors (Lipinski definition) is 6. The first-order chi connectivity index (χ1) is 17.1. The molecule has 1 aromatic heterocycles. The number of allylic oxidation sites excluding steroid dienone is 1. The Morgan fingerprint density at radius 1 is 1.11 bits per heavy atom. The van der Waals surface area contributed by atoms with Gasteiger partial charge in [-0.2, -0.15) is 0 Å². The zero-order valence-corrected chi connectivity index (χ0v) is 22.9. The smallest absolute Gasteiger partial charge is 0.331 e. The lowest BCUT2D eigenvalue weighted by Gasteiger charge is -2.20. The highest BCUT2D eigenvalue weighted by Crippen LogP contribution is 2.32. The number of benzene rings is 1. The SMILES string of the molecule is CC(C)(C)OC(=O)/C=C/c1cnc2c(c1)CCN2S(=O)(=O)c1ccc(C/C=C(/C(=O)O)C(C)(C)C)cc1. The van der Waals surface area contributed by atoms with Crippen LogP contribution in [0, 0.1) is 5.41 Å². The molecule has 0 atom stereocenters. The number of carboxylic acids is 1. The second kappa shape index (κ2) is 10.5. The van der Waals surface area contributed by atoms with Crippen LogP contribution in [0.5, 0.6) is 0 Å². The van der Waals surface area contributed by atoms with Gasteiger partial charge in [-0.25, -0.2) is 27.3 Å². The summed E-state index contributed by atoms with van der Waals surface area (Å²) in [6.07, 6.45) is 7.01. The number of carbonyl (C=O) groups is 2. The highest BCUT2D eigenvalue weighted by molar-refractivity contribution is 7.92. The molecule has 0 unspecified atom stereocenters. The fourth-order valence-electron chi connectivity index (χ4n) is 3.94. The van der Waals surface area contributed by atoms with Crippen molar-refractivity contribution in [3.05, 3.63) is 70.9 Å². The molecule has 2 heterocycles. The molecule has 0 saturated carbocycles. The van der Waals surface area contributed by atoms with Crippen LogP contribution in [-0.4, -0.2) is 42.6 Å². The van der Waals surface area contributed by atoms with Crippen molar-refractivity contribution in [3.8, 4) is 0 Å². The summed E-state index contributed by atoms with van der Waals surface area (Å²) in [5.41, 5.74) is 1.48. The molecule has 0 radical (unpaired) electrons. The molecule has 0 saturated heterocycles. The number of nitrogens with zero attached hydrogens (tertiary/aromatic N) is 2. The number of rotatable bonds is 7. The molecule has 37 heavy (non-hydrogen) atoms. The normalized spacial score (nSPS) is 14.6. The number of sulfonamides is 1. The van der Waals surface area contributed by atoms with Crippen LogP contribution < -0.4 is 4.31 Å². The van der Waals surface area contributed by atoms with Gasteiger partial charge in [0.15, 0.2) is 0 Å². The Morgan fingerprint density at radius 2 is 1.76 bits per heavy atom. The maximum absolute atomic E-state index is 13.3. The molecular weight excluding hydrogens is 492 g/mol. The molecule has 8 nitrogen and oxygen atoms in total. The molecule has 0 bridgehead atoms. The topological polar surface area (TPSA) is 114 Å². The van der Waals surface area contributed by atoms with E-state index in [1.165, 1.54) is 28.7 Å². The van der Waals surface area contributed by atoms with E-state index in [-0.39, 0.29) is 11.4 Å². The van der Waals surface area contributed by atoms with Crippen LogP contribution in [-0.2, 0) is 37.2 Å². The number of aliphatic carboxylic acids is 1. The molecule has 1 aliphatic heterocycles. The van der Waals surface area contributed by atoms with E-state index in [0.717, 1.165) is 11.1 Å². The summed E-state index contributed by atoms with van der Waals surface area (Å²) in [5.74, 6) is -1.05. The average Bonchev–Trinajstić information content (AvgIpc) is 3.20. The third-order valence-corrected chi connectivity index (χ3v) is 7.50. The van der Waals surface area contributed by atoms with Gasteiger partial charge in [0.05, 0.1) is 4.90 Å². The van der Waals surface area contributed by atoms with Crippen LogP contribution >= 0.6 is 0 Å². The van der Waals surface area contributed by atoms with Crippen LogP contribution in [0.4, 0.5) is 5.82 Å². The van der Waals surface area contributed by atoms with Crippen LogP contribution in [0.2, 0.25) is 0 Å². The number of esters is 1. The summed E-state index contributed by atoms with van der Waals surface area (Å²) < 4.78 is 33.3. The number of carboxylic acid groups (broad SMARTS) is 1. The molecule has 3 rings (SSSR count). The van der Waals surface area contributed by atoms with Crippen molar-refractivity contribution in [1.29, 1.82) is 0 Å². The third kappa shape index (κ3) is 7.07. The maximum atomic E-state index is 13.3. The van der Waals surface area contributed by atoms with Crippen molar-refractivity contribution < 1.29 is 27.9 Å². The van der Waals surface area contributed by atoms with E-state index < -0.39 is 33.0 Å². The molecule has 1 N–H and O–H groups in total. The fourth-order valence-corrected chi connectivity index (χ4v) is 5.40. The molecule has 198 valence electrons. The lowest BCUT2D eigenvalue weighted by molar-refractivity contribution is -0.148. The van der Waals surface area contributed by atoms with Gasteiger partial charge in [-0.1, -0.05) is 39.0 Å². The minimum absolute atomic E-state index is 0.137. The van der Waals surface area contributed by atoms with Crippen molar-refractivity contribution in [2.45, 2.75) is 64.9 Å². The summed E-state index contributed by atoms with van der Waals surface area (Å²) in [5, 5.41) is 9.47. The lowest BCUT2D eigenvalue weighted by Crippen LogP contribution is -2.29. The molecule has 9 heteroatoms. The zero-order chi connectivity index (χ0) is 27.6. The van der Waals surface area contributed by atoms with E-state index in [4.69, 9.17) is 4.74 Å². The minimum atomic E-state index is -3.83. The highest BCUT2D eigenvalue weighted by atomic mass is 32.2. The van der Waals surface area contributed by atoms with Gasteiger partial charge in [0, 0.05) is 24.4 Å². The van der Waals surface area contributed by atoms with Crippen molar-refractivity contribution >= 4 is 33.9 Å². The van der Waals surface area contributed by atoms with Crippen LogP contribution in [0.1, 0.15) is 58.2 Å². The second-order valence-corrected chi connectivity index (χ2v) is 12.8. The van der Waals surface area contributed by atoms with Gasteiger partial charge in [0.25, 0.3) is 10.0 Å². The van der Waals surface area contributed by atoms with Gasteiger partial charge in [-0.05, 0) is 80.0 Å². The summed E-state index contributed by atoms with van der Waals surface area (Å²) >= 11 is 0. The molecular formula is C28H34N2O6S. The van der Waals surface area contributed by atoms with E-state index in [2.05, 4.69) is 4.98 Å². The van der Waals surface area contributed by atoms with E-state index in [9.17, 15) is 23.1 Å². The van der Waals surface area contributed by atoms with E-state index >= 15 is 0 Å². The summed E-state index contributed by atoms with van der Waals surface area (Å²) in [4.78, 5) is 28.0. The highest BCUT2D eigenvalue weighted by Gasteiger charge is 2.32. The van der Waals surface area contributed by atoms with E-state index in [1.807, 2.05) is 26.8 Å². The van der Waals surface area contributed by atoms with E-state index in [1.54, 1.807) is 45.1 Å². The first-order valence-electron chi connectivity index (χ1n) is 12.0. The monoisotopic (exact) mass is 526 g/mol. The number of anilines is 1. The number of pyridine rings is 1. The lowest BCUT2D eigenvalue weighted by atomic mass is 9.85. The fraction of sp³-hybridized carbons (Fsp3) is 0.393. The molecule has 1 aromatic carbocycles. The summed E-state index contributed by atoms with van der Waals surface area (Å²) in [6.45, 7) is 11.1. The number of hydrogen-bond donors (Lipinski definition) is 1. The van der Waals surface area contributed by atoms with Crippen molar-refractivity contribution in [2.24, 2.45) is 5.41 Å². The second-order valence-electron chi connectivity index (χ2n) is 11.0. The predicted octanol–water partition coefficient (Wildman–Crippen LogP) is 4.79. The van der Waals surface area contributed by atoms with Crippen molar-refractivity contribution in [3.63, 3.8) is 0 Å². The number of aromatic nitrogens is 1. The van der Waals surface area contributed by atoms with Crippen LogP contribution in [0.15, 0.2) is 59.1 Å². The first kappa shape index (κ1) is 28.1. The summed E-state index contributed by atoms with van der Waals surface area (Å²) in [7, 11) is -3.83. The largest absolute Gasteiger partial charge is 0.478 e. The van der Waals surface area contributed by atoms with Crippen molar-refractivity contribution in [2.75, 3.05) is 10.8 Å². The van der Waals surface area contributed by atoms with Gasteiger partial charge < -0.3 is 9.84 Å². The number of fused-ring (bicyclic) bond motifs is 1. The van der Waals surface area contributed by atoms with Gasteiger partial charge in [-0.3, -0.25) is 0 Å². The van der Waals surface area contributed by atoms with E-state index in [0.29, 0.717) is 29.8 Å². The Morgan fingerprint density at radius 3 is 2.32 bits per heavy atom. The van der Waals surface area contributed by atoms with Crippen LogP contribution in [0.25, 0.3) is 6.08 Å². The Kier molecular flexibility index (Phi) is 7.97. The third-order valence-electron chi connectivity index (χ3n) is 5.69. The Hall–Kier alpha value is -3.46. The molecule has 1 aliphatic rings. The van der Waals surface area contributed by atoms with Gasteiger partial charge in [-0.15, -0.1) is 0 Å². The average molecular weight is 527 g/mol. The molecule has 0 amide bonds. The quantitative estimate of drug-likeness (QED) is 0.408. The molecule has 0 spiro atoms.